The van der Waals surface area contributed by atoms with Crippen LogP contribution in [0, 0.1) is 0 Å². The van der Waals surface area contributed by atoms with Gasteiger partial charge in [0.05, 0.1) is 12.3 Å². The van der Waals surface area contributed by atoms with Crippen molar-refractivity contribution in [3.05, 3.63) is 40.4 Å². The fourth-order valence-corrected chi connectivity index (χ4v) is 2.77. The molecule has 0 aliphatic carbocycles. The molecule has 1 aliphatic heterocycles. The molecule has 6 nitrogen and oxygen atoms in total. The van der Waals surface area contributed by atoms with Gasteiger partial charge in [-0.1, -0.05) is 0 Å². The summed E-state index contributed by atoms with van der Waals surface area (Å²) in [6.07, 6.45) is 3.54. The first kappa shape index (κ1) is 13.2. The molecule has 106 valence electrons. The average molecular weight is 274 g/mol. The molecule has 0 aromatic carbocycles. The molecule has 0 amide bonds. The monoisotopic (exact) mass is 274 g/mol. The zero-order chi connectivity index (χ0) is 13.9. The normalized spacial score (nSPS) is 17.6. The second kappa shape index (κ2) is 5.68. The van der Waals surface area contributed by atoms with Crippen LogP contribution in [0.3, 0.4) is 0 Å². The van der Waals surface area contributed by atoms with Crippen molar-refractivity contribution < 1.29 is 5.11 Å². The Morgan fingerprint density at radius 1 is 1.35 bits per heavy atom. The van der Waals surface area contributed by atoms with Crippen LogP contribution >= 0.6 is 0 Å². The van der Waals surface area contributed by atoms with E-state index in [4.69, 9.17) is 5.11 Å². The molecule has 1 fully saturated rings. The maximum atomic E-state index is 12.0. The highest BCUT2D eigenvalue weighted by Crippen LogP contribution is 2.25. The fourth-order valence-electron chi connectivity index (χ4n) is 2.77. The Morgan fingerprint density at radius 3 is 2.90 bits per heavy atom. The van der Waals surface area contributed by atoms with Crippen LogP contribution in [0.2, 0.25) is 0 Å². The molecule has 0 atom stereocenters. The van der Waals surface area contributed by atoms with Crippen LogP contribution in [0.25, 0.3) is 5.65 Å². The molecule has 0 radical (unpaired) electrons. The number of hydrogen-bond acceptors (Lipinski definition) is 5. The van der Waals surface area contributed by atoms with E-state index in [1.54, 1.807) is 24.4 Å². The minimum absolute atomic E-state index is 0.122. The highest BCUT2D eigenvalue weighted by atomic mass is 16.3. The molecule has 0 unspecified atom stereocenters. The number of aliphatic hydroxyl groups is 1. The number of β-amino-alcohol motifs (C(OH)–C–C–N with tert-alkyl or cyclic N) is 1. The molecular weight excluding hydrogens is 256 g/mol. The molecule has 3 heterocycles. The number of hydrogen-bond donors (Lipinski definition) is 1. The van der Waals surface area contributed by atoms with Crippen molar-refractivity contribution in [2.45, 2.75) is 18.8 Å². The molecule has 1 aliphatic rings. The van der Waals surface area contributed by atoms with Crippen LogP contribution < -0.4 is 5.56 Å². The van der Waals surface area contributed by atoms with Crippen molar-refractivity contribution in [3.8, 4) is 0 Å². The Hall–Kier alpha value is -1.79. The molecule has 20 heavy (non-hydrogen) atoms. The van der Waals surface area contributed by atoms with E-state index in [1.807, 2.05) is 0 Å². The SMILES string of the molecule is O=c1cc(C2CCN(CCO)CC2)nc2cccnn12. The Morgan fingerprint density at radius 2 is 2.15 bits per heavy atom. The molecule has 2 aromatic rings. The van der Waals surface area contributed by atoms with Gasteiger partial charge in [0, 0.05) is 24.7 Å². The Bertz CT molecular complexity index is 647. The maximum Gasteiger partial charge on any atom is 0.274 e. The lowest BCUT2D eigenvalue weighted by molar-refractivity contribution is 0.163. The summed E-state index contributed by atoms with van der Waals surface area (Å²) in [5.41, 5.74) is 1.35. The van der Waals surface area contributed by atoms with E-state index >= 15 is 0 Å². The van der Waals surface area contributed by atoms with E-state index in [9.17, 15) is 4.79 Å². The van der Waals surface area contributed by atoms with Gasteiger partial charge in [-0.3, -0.25) is 4.79 Å². The number of nitrogens with zero attached hydrogens (tertiary/aromatic N) is 4. The van der Waals surface area contributed by atoms with Gasteiger partial charge < -0.3 is 10.0 Å². The van der Waals surface area contributed by atoms with Crippen molar-refractivity contribution >= 4 is 5.65 Å². The third-order valence-electron chi connectivity index (χ3n) is 3.88. The summed E-state index contributed by atoms with van der Waals surface area (Å²) in [5, 5.41) is 13.0. The van der Waals surface area contributed by atoms with Crippen molar-refractivity contribution in [1.82, 2.24) is 19.5 Å². The van der Waals surface area contributed by atoms with Gasteiger partial charge in [-0.15, -0.1) is 0 Å². The van der Waals surface area contributed by atoms with Gasteiger partial charge in [0.1, 0.15) is 0 Å². The number of likely N-dealkylation sites (tertiary alicyclic amines) is 1. The van der Waals surface area contributed by atoms with Crippen LogP contribution in [-0.2, 0) is 0 Å². The van der Waals surface area contributed by atoms with Gasteiger partial charge in [-0.2, -0.15) is 9.61 Å². The van der Waals surface area contributed by atoms with E-state index in [-0.39, 0.29) is 12.2 Å². The van der Waals surface area contributed by atoms with E-state index < -0.39 is 0 Å². The second-order valence-corrected chi connectivity index (χ2v) is 5.15. The summed E-state index contributed by atoms with van der Waals surface area (Å²) in [6, 6.07) is 5.20. The van der Waals surface area contributed by atoms with E-state index in [0.29, 0.717) is 11.6 Å². The van der Waals surface area contributed by atoms with Crippen LogP contribution in [0.5, 0.6) is 0 Å². The zero-order valence-electron chi connectivity index (χ0n) is 11.3. The average Bonchev–Trinajstić information content (AvgIpc) is 2.48. The molecule has 0 bridgehead atoms. The third-order valence-corrected chi connectivity index (χ3v) is 3.88. The Kier molecular flexibility index (Phi) is 3.75. The highest BCUT2D eigenvalue weighted by molar-refractivity contribution is 5.36. The van der Waals surface area contributed by atoms with Crippen molar-refractivity contribution in [1.29, 1.82) is 0 Å². The predicted molar refractivity (Wildman–Crippen MR) is 74.8 cm³/mol. The molecular formula is C14H18N4O2. The summed E-state index contributed by atoms with van der Waals surface area (Å²) in [5.74, 6) is 0.322. The number of fused-ring (bicyclic) bond motifs is 1. The Labute approximate surface area is 116 Å². The van der Waals surface area contributed by atoms with Gasteiger partial charge in [0.2, 0.25) is 0 Å². The maximum absolute atomic E-state index is 12.0. The topological polar surface area (TPSA) is 70.7 Å². The van der Waals surface area contributed by atoms with Gasteiger partial charge >= 0.3 is 0 Å². The van der Waals surface area contributed by atoms with Crippen LogP contribution in [0.1, 0.15) is 24.5 Å². The van der Waals surface area contributed by atoms with Gasteiger partial charge in [0.15, 0.2) is 5.65 Å². The van der Waals surface area contributed by atoms with Crippen molar-refractivity contribution in [2.24, 2.45) is 0 Å². The van der Waals surface area contributed by atoms with Crippen LogP contribution in [0.15, 0.2) is 29.2 Å². The summed E-state index contributed by atoms with van der Waals surface area (Å²) >= 11 is 0. The summed E-state index contributed by atoms with van der Waals surface area (Å²) in [6.45, 7) is 2.81. The van der Waals surface area contributed by atoms with Crippen LogP contribution in [0.4, 0.5) is 0 Å². The lowest BCUT2D eigenvalue weighted by Crippen LogP contribution is -2.35. The zero-order valence-corrected chi connectivity index (χ0v) is 11.3. The number of aliphatic hydroxyl groups excluding tert-OH is 1. The standard InChI is InChI=1S/C14H18N4O2/c19-9-8-17-6-3-11(4-7-17)12-10-14(20)18-13(16-12)2-1-5-15-18/h1-2,5,10-11,19H,3-4,6-9H2. The van der Waals surface area contributed by atoms with Gasteiger partial charge in [-0.05, 0) is 38.1 Å². The molecule has 1 N–H and O–H groups in total. The first-order valence-electron chi connectivity index (χ1n) is 6.96. The molecule has 1 saturated heterocycles. The predicted octanol–water partition coefficient (Wildman–Crippen LogP) is 0.261. The van der Waals surface area contributed by atoms with Crippen molar-refractivity contribution in [2.75, 3.05) is 26.2 Å². The molecule has 2 aromatic heterocycles. The third kappa shape index (κ3) is 2.57. The summed E-state index contributed by atoms with van der Waals surface area (Å²) in [4.78, 5) is 18.8. The lowest BCUT2D eigenvalue weighted by Gasteiger charge is -2.31. The smallest absolute Gasteiger partial charge is 0.274 e. The van der Waals surface area contributed by atoms with E-state index in [2.05, 4.69) is 15.0 Å². The van der Waals surface area contributed by atoms with Gasteiger partial charge in [0.25, 0.3) is 5.56 Å². The number of rotatable bonds is 3. The number of piperidine rings is 1. The van der Waals surface area contributed by atoms with Crippen molar-refractivity contribution in [3.63, 3.8) is 0 Å². The molecule has 6 heteroatoms. The molecule has 3 rings (SSSR count). The fraction of sp³-hybridized carbons (Fsp3) is 0.500. The largest absolute Gasteiger partial charge is 0.395 e. The minimum Gasteiger partial charge on any atom is -0.395 e. The Balaban J connectivity index is 1.83. The molecule has 0 spiro atoms. The lowest BCUT2D eigenvalue weighted by atomic mass is 9.93. The van der Waals surface area contributed by atoms with Crippen LogP contribution in [-0.4, -0.2) is 50.8 Å². The number of aromatic nitrogens is 3. The van der Waals surface area contributed by atoms with E-state index in [0.717, 1.165) is 38.2 Å². The summed E-state index contributed by atoms with van der Waals surface area (Å²) < 4.78 is 1.32. The second-order valence-electron chi connectivity index (χ2n) is 5.15. The first-order valence-corrected chi connectivity index (χ1v) is 6.96. The quantitative estimate of drug-likeness (QED) is 0.869. The minimum atomic E-state index is -0.122. The van der Waals surface area contributed by atoms with Gasteiger partial charge in [-0.25, -0.2) is 4.98 Å². The summed E-state index contributed by atoms with van der Waals surface area (Å²) in [7, 11) is 0. The van der Waals surface area contributed by atoms with E-state index in [1.165, 1.54) is 4.52 Å². The molecule has 0 saturated carbocycles. The first-order chi connectivity index (χ1) is 9.78. The highest BCUT2D eigenvalue weighted by Gasteiger charge is 2.22.